The number of anilines is 2. The van der Waals surface area contributed by atoms with E-state index >= 15 is 0 Å². The summed E-state index contributed by atoms with van der Waals surface area (Å²) in [5.74, 6) is -0.191. The van der Waals surface area contributed by atoms with E-state index in [0.29, 0.717) is 54.2 Å². The Bertz CT molecular complexity index is 1150. The van der Waals surface area contributed by atoms with Gasteiger partial charge in [0.25, 0.3) is 11.5 Å². The van der Waals surface area contributed by atoms with Crippen molar-refractivity contribution in [3.05, 3.63) is 51.4 Å². The highest BCUT2D eigenvalue weighted by Gasteiger charge is 2.33. The number of amides is 2. The quantitative estimate of drug-likeness (QED) is 0.786. The second-order valence-electron chi connectivity index (χ2n) is 8.83. The standard InChI is InChI=1S/C23H25N3O5/c1-23(2)11-16-14(18(27)12-23)10-15(22(30)25-16)21(29)24-13-6-7-19(31-3)17(9-13)26-8-4-5-20(26)28/h6-7,9-10H,4-5,8,11-12H2,1-3H3,(H,24,29)(H,25,30). The summed E-state index contributed by atoms with van der Waals surface area (Å²) in [6.45, 7) is 4.52. The zero-order valence-corrected chi connectivity index (χ0v) is 17.8. The number of nitrogens with one attached hydrogen (secondary N) is 2. The van der Waals surface area contributed by atoms with E-state index in [2.05, 4.69) is 10.3 Å². The minimum absolute atomic E-state index is 0.00524. The monoisotopic (exact) mass is 423 g/mol. The highest BCUT2D eigenvalue weighted by Crippen LogP contribution is 2.35. The van der Waals surface area contributed by atoms with E-state index in [1.807, 2.05) is 13.8 Å². The topological polar surface area (TPSA) is 109 Å². The fourth-order valence-electron chi connectivity index (χ4n) is 4.28. The van der Waals surface area contributed by atoms with Gasteiger partial charge in [-0.3, -0.25) is 19.2 Å². The van der Waals surface area contributed by atoms with Crippen molar-refractivity contribution in [1.82, 2.24) is 4.98 Å². The summed E-state index contributed by atoms with van der Waals surface area (Å²) < 4.78 is 5.36. The first-order chi connectivity index (χ1) is 14.7. The Morgan fingerprint density at radius 1 is 1.16 bits per heavy atom. The lowest BCUT2D eigenvalue weighted by Gasteiger charge is -2.29. The number of aromatic amines is 1. The van der Waals surface area contributed by atoms with E-state index in [1.54, 1.807) is 23.1 Å². The Balaban J connectivity index is 1.63. The molecule has 0 atom stereocenters. The second kappa shape index (κ2) is 7.68. The van der Waals surface area contributed by atoms with Crippen LogP contribution in [0, 0.1) is 5.41 Å². The lowest BCUT2D eigenvalue weighted by Crippen LogP contribution is -2.32. The van der Waals surface area contributed by atoms with Crippen molar-refractivity contribution >= 4 is 29.0 Å². The molecule has 0 unspecified atom stereocenters. The zero-order chi connectivity index (χ0) is 22.3. The van der Waals surface area contributed by atoms with Gasteiger partial charge in [-0.1, -0.05) is 13.8 Å². The third kappa shape index (κ3) is 3.97. The summed E-state index contributed by atoms with van der Waals surface area (Å²) in [5.41, 5.74) is 1.06. The minimum atomic E-state index is -0.620. The first kappa shape index (κ1) is 20.8. The van der Waals surface area contributed by atoms with Gasteiger partial charge in [0.2, 0.25) is 5.91 Å². The molecule has 8 nitrogen and oxygen atoms in total. The smallest absolute Gasteiger partial charge is 0.261 e. The fourth-order valence-corrected chi connectivity index (χ4v) is 4.28. The molecule has 0 radical (unpaired) electrons. The van der Waals surface area contributed by atoms with Crippen molar-refractivity contribution in [3.8, 4) is 5.75 Å². The molecule has 2 N–H and O–H groups in total. The summed E-state index contributed by atoms with van der Waals surface area (Å²) in [5, 5.41) is 2.70. The lowest BCUT2D eigenvalue weighted by atomic mass is 9.75. The van der Waals surface area contributed by atoms with Crippen molar-refractivity contribution in [2.75, 3.05) is 23.9 Å². The molecule has 31 heavy (non-hydrogen) atoms. The number of rotatable bonds is 4. The van der Waals surface area contributed by atoms with E-state index in [4.69, 9.17) is 4.74 Å². The number of hydrogen-bond donors (Lipinski definition) is 2. The van der Waals surface area contributed by atoms with Crippen LogP contribution in [0.2, 0.25) is 0 Å². The van der Waals surface area contributed by atoms with Gasteiger partial charge in [0.15, 0.2) is 5.78 Å². The summed E-state index contributed by atoms with van der Waals surface area (Å²) in [6.07, 6.45) is 2.15. The van der Waals surface area contributed by atoms with E-state index in [0.717, 1.165) is 6.42 Å². The number of H-pyrrole nitrogens is 1. The Morgan fingerprint density at radius 2 is 1.94 bits per heavy atom. The Kier molecular flexibility index (Phi) is 5.16. The van der Waals surface area contributed by atoms with Gasteiger partial charge in [-0.05, 0) is 42.5 Å². The highest BCUT2D eigenvalue weighted by atomic mass is 16.5. The minimum Gasteiger partial charge on any atom is -0.495 e. The van der Waals surface area contributed by atoms with Crippen molar-refractivity contribution in [3.63, 3.8) is 0 Å². The maximum atomic E-state index is 12.9. The largest absolute Gasteiger partial charge is 0.495 e. The van der Waals surface area contributed by atoms with E-state index in [1.165, 1.54) is 13.2 Å². The number of benzene rings is 1. The molecule has 1 saturated heterocycles. The van der Waals surface area contributed by atoms with Crippen LogP contribution in [-0.2, 0) is 11.2 Å². The number of hydrogen-bond acceptors (Lipinski definition) is 5. The molecule has 0 spiro atoms. The summed E-state index contributed by atoms with van der Waals surface area (Å²) >= 11 is 0. The van der Waals surface area contributed by atoms with Crippen LogP contribution in [0.15, 0.2) is 29.1 Å². The molecule has 1 aliphatic carbocycles. The van der Waals surface area contributed by atoms with Crippen LogP contribution >= 0.6 is 0 Å². The van der Waals surface area contributed by atoms with Crippen molar-refractivity contribution < 1.29 is 19.1 Å². The van der Waals surface area contributed by atoms with Crippen molar-refractivity contribution in [2.45, 2.75) is 39.5 Å². The number of carbonyl (C=O) groups excluding carboxylic acids is 3. The lowest BCUT2D eigenvalue weighted by molar-refractivity contribution is -0.117. The van der Waals surface area contributed by atoms with Crippen LogP contribution in [0.25, 0.3) is 0 Å². The first-order valence-corrected chi connectivity index (χ1v) is 10.3. The van der Waals surface area contributed by atoms with Crippen LogP contribution in [0.4, 0.5) is 11.4 Å². The average molecular weight is 423 g/mol. The van der Waals surface area contributed by atoms with Crippen molar-refractivity contribution in [2.24, 2.45) is 5.41 Å². The van der Waals surface area contributed by atoms with Crippen LogP contribution in [0.1, 0.15) is 59.5 Å². The average Bonchev–Trinajstić information content (AvgIpc) is 3.12. The van der Waals surface area contributed by atoms with E-state index in [9.17, 15) is 19.2 Å². The molecule has 4 rings (SSSR count). The van der Waals surface area contributed by atoms with Crippen LogP contribution in [0.5, 0.6) is 5.75 Å². The zero-order valence-electron chi connectivity index (χ0n) is 17.8. The highest BCUT2D eigenvalue weighted by molar-refractivity contribution is 6.07. The molecular weight excluding hydrogens is 398 g/mol. The van der Waals surface area contributed by atoms with Crippen LogP contribution < -0.4 is 20.5 Å². The molecule has 2 heterocycles. The summed E-state index contributed by atoms with van der Waals surface area (Å²) in [4.78, 5) is 54.5. The SMILES string of the molecule is COc1ccc(NC(=O)c2cc3c([nH]c2=O)CC(C)(C)CC3=O)cc1N1CCCC1=O. The number of nitrogens with zero attached hydrogens (tertiary/aromatic N) is 1. The van der Waals surface area contributed by atoms with Gasteiger partial charge in [0, 0.05) is 36.3 Å². The third-order valence-corrected chi connectivity index (χ3v) is 5.76. The Hall–Kier alpha value is -3.42. The van der Waals surface area contributed by atoms with E-state index < -0.39 is 11.5 Å². The second-order valence-corrected chi connectivity index (χ2v) is 8.83. The molecule has 0 bridgehead atoms. The Morgan fingerprint density at radius 3 is 2.61 bits per heavy atom. The number of carbonyl (C=O) groups is 3. The van der Waals surface area contributed by atoms with Gasteiger partial charge in [-0.25, -0.2) is 0 Å². The Labute approximate surface area is 179 Å². The number of Topliss-reactive ketones (excluding diaryl/α,β-unsaturated/α-hetero) is 1. The molecule has 0 saturated carbocycles. The van der Waals surface area contributed by atoms with Gasteiger partial charge in [-0.15, -0.1) is 0 Å². The molecule has 1 aromatic carbocycles. The fraction of sp³-hybridized carbons (Fsp3) is 0.391. The first-order valence-electron chi connectivity index (χ1n) is 10.3. The molecule has 2 amide bonds. The van der Waals surface area contributed by atoms with Crippen LogP contribution in [-0.4, -0.2) is 36.2 Å². The number of ketones is 1. The molecule has 2 aromatic rings. The maximum absolute atomic E-state index is 12.9. The van der Waals surface area contributed by atoms with Gasteiger partial charge in [-0.2, -0.15) is 0 Å². The number of fused-ring (bicyclic) bond motifs is 1. The summed E-state index contributed by atoms with van der Waals surface area (Å²) in [7, 11) is 1.52. The normalized spacial score (nSPS) is 17.5. The number of methoxy groups -OCH3 is 1. The third-order valence-electron chi connectivity index (χ3n) is 5.76. The molecule has 1 aromatic heterocycles. The number of pyridine rings is 1. The molecule has 8 heteroatoms. The molecule has 162 valence electrons. The van der Waals surface area contributed by atoms with Gasteiger partial charge in [0.1, 0.15) is 11.3 Å². The predicted octanol–water partition coefficient (Wildman–Crippen LogP) is 2.92. The molecule has 1 fully saturated rings. The van der Waals surface area contributed by atoms with Crippen LogP contribution in [0.3, 0.4) is 0 Å². The summed E-state index contributed by atoms with van der Waals surface area (Å²) in [6, 6.07) is 6.34. The number of aromatic nitrogens is 1. The van der Waals surface area contributed by atoms with Crippen molar-refractivity contribution in [1.29, 1.82) is 0 Å². The molecular formula is C23H25N3O5. The number of ether oxygens (including phenoxy) is 1. The van der Waals surface area contributed by atoms with Gasteiger partial charge >= 0.3 is 0 Å². The van der Waals surface area contributed by atoms with E-state index in [-0.39, 0.29) is 22.7 Å². The van der Waals surface area contributed by atoms with Gasteiger partial charge < -0.3 is 19.9 Å². The predicted molar refractivity (Wildman–Crippen MR) is 116 cm³/mol. The van der Waals surface area contributed by atoms with Gasteiger partial charge in [0.05, 0.1) is 12.8 Å². The molecule has 2 aliphatic rings. The maximum Gasteiger partial charge on any atom is 0.261 e. The molecule has 1 aliphatic heterocycles.